The van der Waals surface area contributed by atoms with Crippen LogP contribution >= 0.6 is 0 Å². The average molecular weight is 567 g/mol. The number of nitrogens with one attached hydrogen (secondary N) is 1. The highest BCUT2D eigenvalue weighted by atomic mass is 19.4. The van der Waals surface area contributed by atoms with Gasteiger partial charge < -0.3 is 19.9 Å². The molecule has 1 amide bonds. The summed E-state index contributed by atoms with van der Waals surface area (Å²) in [6, 6.07) is 10.9. The van der Waals surface area contributed by atoms with Gasteiger partial charge in [0.15, 0.2) is 0 Å². The SMILES string of the molecule is CCc1cc(N2CCN(CC3CC3)CC2)ccc1Nc1ncc(C(F)(F)F)c(Oc2cccc3c2C(=O)N(C)C3)n1. The maximum absolute atomic E-state index is 13.9. The minimum absolute atomic E-state index is 0.0276. The first kappa shape index (κ1) is 27.3. The van der Waals surface area contributed by atoms with Crippen LogP contribution in [-0.2, 0) is 19.1 Å². The molecule has 2 fully saturated rings. The zero-order chi connectivity index (χ0) is 28.7. The Labute approximate surface area is 237 Å². The van der Waals surface area contributed by atoms with Crippen molar-refractivity contribution < 1.29 is 22.7 Å². The number of hydrogen-bond donors (Lipinski definition) is 1. The molecule has 2 aliphatic heterocycles. The van der Waals surface area contributed by atoms with Crippen molar-refractivity contribution in [2.75, 3.05) is 50.0 Å². The number of carbonyl (C=O) groups is 1. The molecule has 1 saturated carbocycles. The standard InChI is InChI=1S/C30H33F3N6O2/c1-3-20-15-22(39-13-11-38(12-14-39)17-19-7-8-19)9-10-24(20)35-29-34-16-23(30(31,32)33)27(36-29)41-25-6-4-5-21-18-37(2)28(40)26(21)25/h4-6,9-10,15-16,19H,3,7-8,11-14,17-18H2,1-2H3,(H,34,35,36). The fraction of sp³-hybridized carbons (Fsp3) is 0.433. The Bertz CT molecular complexity index is 1450. The number of ether oxygens (including phenoxy) is 1. The Hall–Kier alpha value is -3.86. The lowest BCUT2D eigenvalue weighted by atomic mass is 10.1. The lowest BCUT2D eigenvalue weighted by molar-refractivity contribution is -0.139. The number of carbonyl (C=O) groups excluding carboxylic acids is 1. The summed E-state index contributed by atoms with van der Waals surface area (Å²) >= 11 is 0. The fourth-order valence-electron chi connectivity index (χ4n) is 5.52. The second-order valence-electron chi connectivity index (χ2n) is 11.0. The molecule has 0 radical (unpaired) electrons. The van der Waals surface area contributed by atoms with Crippen LogP contribution in [0.4, 0.5) is 30.5 Å². The predicted octanol–water partition coefficient (Wildman–Crippen LogP) is 5.71. The third kappa shape index (κ3) is 5.81. The van der Waals surface area contributed by atoms with E-state index in [4.69, 9.17) is 4.74 Å². The van der Waals surface area contributed by atoms with Gasteiger partial charge >= 0.3 is 6.18 Å². The van der Waals surface area contributed by atoms with Crippen molar-refractivity contribution in [3.63, 3.8) is 0 Å². The van der Waals surface area contributed by atoms with Crippen LogP contribution in [-0.4, -0.2) is 65.4 Å². The van der Waals surface area contributed by atoms with Crippen molar-refractivity contribution in [1.82, 2.24) is 19.8 Å². The number of hydrogen-bond acceptors (Lipinski definition) is 7. The van der Waals surface area contributed by atoms with E-state index in [2.05, 4.69) is 31.2 Å². The Balaban J connectivity index is 1.23. The fourth-order valence-corrected chi connectivity index (χ4v) is 5.52. The van der Waals surface area contributed by atoms with Crippen molar-refractivity contribution in [2.45, 2.75) is 38.9 Å². The molecule has 0 spiro atoms. The maximum atomic E-state index is 13.9. The summed E-state index contributed by atoms with van der Waals surface area (Å²) in [5.41, 5.74) is 2.66. The number of piperazine rings is 1. The molecule has 1 aliphatic carbocycles. The van der Waals surface area contributed by atoms with Gasteiger partial charge in [-0.15, -0.1) is 0 Å². The first-order valence-electron chi connectivity index (χ1n) is 14.1. The second-order valence-corrected chi connectivity index (χ2v) is 11.0. The summed E-state index contributed by atoms with van der Waals surface area (Å²) in [7, 11) is 1.63. The number of halogens is 3. The number of rotatable bonds is 8. The van der Waals surface area contributed by atoms with E-state index in [1.165, 1.54) is 30.4 Å². The van der Waals surface area contributed by atoms with Gasteiger partial charge in [-0.05, 0) is 60.6 Å². The highest BCUT2D eigenvalue weighted by molar-refractivity contribution is 6.00. The van der Waals surface area contributed by atoms with Gasteiger partial charge in [0, 0.05) is 63.9 Å². The number of fused-ring (bicyclic) bond motifs is 1. The molecule has 3 aromatic rings. The Morgan fingerprint density at radius 1 is 1.10 bits per heavy atom. The van der Waals surface area contributed by atoms with E-state index in [9.17, 15) is 18.0 Å². The van der Waals surface area contributed by atoms with Crippen LogP contribution in [0.3, 0.4) is 0 Å². The summed E-state index contributed by atoms with van der Waals surface area (Å²) in [6.45, 7) is 7.62. The molecule has 0 unspecified atom stereocenters. The van der Waals surface area contributed by atoms with Crippen LogP contribution in [0.15, 0.2) is 42.6 Å². The van der Waals surface area contributed by atoms with E-state index < -0.39 is 17.6 Å². The number of anilines is 3. The van der Waals surface area contributed by atoms with Crippen molar-refractivity contribution in [2.24, 2.45) is 5.92 Å². The van der Waals surface area contributed by atoms with E-state index in [1.54, 1.807) is 19.2 Å². The smallest absolute Gasteiger partial charge is 0.423 e. The minimum Gasteiger partial charge on any atom is -0.437 e. The largest absolute Gasteiger partial charge is 0.437 e. The lowest BCUT2D eigenvalue weighted by Crippen LogP contribution is -2.47. The molecule has 1 N–H and O–H groups in total. The molecule has 3 heterocycles. The van der Waals surface area contributed by atoms with E-state index in [1.807, 2.05) is 19.1 Å². The molecule has 1 aromatic heterocycles. The molecule has 216 valence electrons. The molecule has 6 rings (SSSR count). The van der Waals surface area contributed by atoms with Gasteiger partial charge in [-0.1, -0.05) is 19.1 Å². The van der Waals surface area contributed by atoms with E-state index in [-0.39, 0.29) is 23.2 Å². The summed E-state index contributed by atoms with van der Waals surface area (Å²) in [6.07, 6.45) is -0.603. The zero-order valence-electron chi connectivity index (χ0n) is 23.2. The minimum atomic E-state index is -4.74. The van der Waals surface area contributed by atoms with Gasteiger partial charge in [0.05, 0.1) is 5.56 Å². The van der Waals surface area contributed by atoms with Gasteiger partial charge in [0.1, 0.15) is 11.3 Å². The number of aromatic nitrogens is 2. The summed E-state index contributed by atoms with van der Waals surface area (Å²) in [5, 5.41) is 3.09. The molecular weight excluding hydrogens is 533 g/mol. The normalized spacial score (nSPS) is 17.6. The first-order chi connectivity index (χ1) is 19.7. The third-order valence-corrected chi connectivity index (χ3v) is 8.01. The third-order valence-electron chi connectivity index (χ3n) is 8.01. The zero-order valence-corrected chi connectivity index (χ0v) is 23.2. The molecule has 1 saturated heterocycles. The van der Waals surface area contributed by atoms with Crippen LogP contribution in [0, 0.1) is 5.92 Å². The summed E-state index contributed by atoms with van der Waals surface area (Å²) in [4.78, 5) is 27.1. The topological polar surface area (TPSA) is 73.8 Å². The highest BCUT2D eigenvalue weighted by Gasteiger charge is 2.37. The van der Waals surface area contributed by atoms with Gasteiger partial charge in [-0.2, -0.15) is 18.2 Å². The van der Waals surface area contributed by atoms with Crippen LogP contribution in [0.25, 0.3) is 0 Å². The molecule has 41 heavy (non-hydrogen) atoms. The molecule has 3 aliphatic rings. The quantitative estimate of drug-likeness (QED) is 0.374. The van der Waals surface area contributed by atoms with E-state index in [0.29, 0.717) is 30.4 Å². The number of amides is 1. The van der Waals surface area contributed by atoms with Gasteiger partial charge in [0.25, 0.3) is 5.91 Å². The summed E-state index contributed by atoms with van der Waals surface area (Å²) in [5.74, 6) is -0.0873. The molecule has 0 atom stereocenters. The Morgan fingerprint density at radius 2 is 1.88 bits per heavy atom. The number of benzene rings is 2. The highest BCUT2D eigenvalue weighted by Crippen LogP contribution is 2.40. The van der Waals surface area contributed by atoms with Crippen molar-refractivity contribution >= 4 is 23.2 Å². The average Bonchev–Trinajstić information content (AvgIpc) is 3.71. The predicted molar refractivity (Wildman–Crippen MR) is 150 cm³/mol. The van der Waals surface area contributed by atoms with Crippen molar-refractivity contribution in [3.05, 3.63) is 64.8 Å². The van der Waals surface area contributed by atoms with E-state index in [0.717, 1.165) is 43.3 Å². The number of alkyl halides is 3. The Kier molecular flexibility index (Phi) is 7.23. The first-order valence-corrected chi connectivity index (χ1v) is 14.1. The van der Waals surface area contributed by atoms with Crippen LogP contribution in [0.5, 0.6) is 11.6 Å². The van der Waals surface area contributed by atoms with Gasteiger partial charge in [0.2, 0.25) is 11.8 Å². The van der Waals surface area contributed by atoms with Crippen molar-refractivity contribution in [3.8, 4) is 11.6 Å². The monoisotopic (exact) mass is 566 g/mol. The second kappa shape index (κ2) is 10.8. The lowest BCUT2D eigenvalue weighted by Gasteiger charge is -2.36. The molecule has 2 aromatic carbocycles. The summed E-state index contributed by atoms with van der Waals surface area (Å²) < 4.78 is 47.4. The molecule has 11 heteroatoms. The van der Waals surface area contributed by atoms with E-state index >= 15 is 0 Å². The van der Waals surface area contributed by atoms with Gasteiger partial charge in [-0.25, -0.2) is 4.98 Å². The Morgan fingerprint density at radius 3 is 2.59 bits per heavy atom. The van der Waals surface area contributed by atoms with Crippen LogP contribution in [0.2, 0.25) is 0 Å². The van der Waals surface area contributed by atoms with Crippen molar-refractivity contribution in [1.29, 1.82) is 0 Å². The van der Waals surface area contributed by atoms with Crippen LogP contribution in [0.1, 0.15) is 46.8 Å². The maximum Gasteiger partial charge on any atom is 0.423 e. The number of nitrogens with zero attached hydrogens (tertiary/aromatic N) is 5. The molecule has 0 bridgehead atoms. The molecule has 8 nitrogen and oxygen atoms in total. The van der Waals surface area contributed by atoms with Crippen LogP contribution < -0.4 is 15.0 Å². The molecular formula is C30H33F3N6O2. The van der Waals surface area contributed by atoms with Gasteiger partial charge in [-0.3, -0.25) is 9.69 Å². The number of aryl methyl sites for hydroxylation is 1.